The zero-order valence-corrected chi connectivity index (χ0v) is 7.15. The van der Waals surface area contributed by atoms with Crippen molar-refractivity contribution in [2.45, 2.75) is 17.2 Å². The summed E-state index contributed by atoms with van der Waals surface area (Å²) in [7, 11) is 0. The summed E-state index contributed by atoms with van der Waals surface area (Å²) in [4.78, 5) is 22.2. The van der Waals surface area contributed by atoms with E-state index in [0.29, 0.717) is 12.8 Å². The Morgan fingerprint density at radius 2 is 1.45 bits per heavy atom. The second kappa shape index (κ2) is 1.99. The van der Waals surface area contributed by atoms with Gasteiger partial charge in [0.1, 0.15) is 15.9 Å². The third-order valence-electron chi connectivity index (χ3n) is 2.37. The van der Waals surface area contributed by atoms with Crippen LogP contribution in [0.1, 0.15) is 12.8 Å². The Kier molecular flexibility index (Phi) is 1.37. The predicted octanol–water partition coefficient (Wildman–Crippen LogP) is 1.34. The Morgan fingerprint density at radius 1 is 1.09 bits per heavy atom. The quantitative estimate of drug-likeness (QED) is 0.544. The Bertz CT molecular complexity index is 223. The largest absolute Gasteiger partial charge is 0.299 e. The Morgan fingerprint density at radius 3 is 1.82 bits per heavy atom. The maximum atomic E-state index is 11.1. The van der Waals surface area contributed by atoms with E-state index in [1.54, 1.807) is 0 Å². The first-order valence-corrected chi connectivity index (χ1v) is 4.24. The molecule has 2 fully saturated rings. The molecule has 0 spiro atoms. The summed E-state index contributed by atoms with van der Waals surface area (Å²) in [5.41, 5.74) is 0. The molecule has 2 rings (SSSR count). The molecule has 2 nitrogen and oxygen atoms in total. The van der Waals surface area contributed by atoms with Crippen LogP contribution in [-0.4, -0.2) is 15.9 Å². The molecule has 0 amide bonds. The number of ketones is 2. The SMILES string of the molecule is O=C1CCC(=O)C2C1C2(Cl)Cl. The lowest BCUT2D eigenvalue weighted by Crippen LogP contribution is -2.16. The molecule has 0 heterocycles. The van der Waals surface area contributed by atoms with E-state index in [9.17, 15) is 9.59 Å². The van der Waals surface area contributed by atoms with Gasteiger partial charge < -0.3 is 0 Å². The van der Waals surface area contributed by atoms with E-state index >= 15 is 0 Å². The van der Waals surface area contributed by atoms with Gasteiger partial charge in [0.05, 0.1) is 11.8 Å². The van der Waals surface area contributed by atoms with Crippen molar-refractivity contribution in [3.63, 3.8) is 0 Å². The first kappa shape index (κ1) is 7.56. The van der Waals surface area contributed by atoms with Crippen LogP contribution in [-0.2, 0) is 9.59 Å². The first-order chi connectivity index (χ1) is 5.05. The average molecular weight is 193 g/mol. The fourth-order valence-corrected chi connectivity index (χ4v) is 2.55. The molecule has 0 saturated heterocycles. The minimum absolute atomic E-state index is 0.0413. The van der Waals surface area contributed by atoms with Gasteiger partial charge in [0.15, 0.2) is 0 Å². The van der Waals surface area contributed by atoms with E-state index in [0.717, 1.165) is 0 Å². The van der Waals surface area contributed by atoms with Gasteiger partial charge >= 0.3 is 0 Å². The summed E-state index contributed by atoms with van der Waals surface area (Å²) in [5, 5.41) is 0. The molecule has 0 aromatic rings. The molecule has 4 heteroatoms. The number of hydrogen-bond donors (Lipinski definition) is 0. The predicted molar refractivity (Wildman–Crippen MR) is 40.7 cm³/mol. The molecule has 2 saturated carbocycles. The maximum absolute atomic E-state index is 11.1. The van der Waals surface area contributed by atoms with E-state index in [1.165, 1.54) is 0 Å². The van der Waals surface area contributed by atoms with Crippen molar-refractivity contribution in [3.8, 4) is 0 Å². The van der Waals surface area contributed by atoms with Crippen LogP contribution in [0.3, 0.4) is 0 Å². The van der Waals surface area contributed by atoms with Gasteiger partial charge in [0.2, 0.25) is 0 Å². The van der Waals surface area contributed by atoms with Gasteiger partial charge in [-0.05, 0) is 0 Å². The van der Waals surface area contributed by atoms with Crippen LogP contribution in [0.5, 0.6) is 0 Å². The van der Waals surface area contributed by atoms with Crippen LogP contribution in [0.15, 0.2) is 0 Å². The summed E-state index contributed by atoms with van der Waals surface area (Å²) in [6.07, 6.45) is 0.641. The number of halogens is 2. The van der Waals surface area contributed by atoms with Crippen LogP contribution in [0.25, 0.3) is 0 Å². The van der Waals surface area contributed by atoms with E-state index in [1.807, 2.05) is 0 Å². The first-order valence-electron chi connectivity index (χ1n) is 3.48. The molecule has 0 aliphatic heterocycles. The van der Waals surface area contributed by atoms with Crippen LogP contribution >= 0.6 is 23.2 Å². The standard InChI is InChI=1S/C7H6Cl2O2/c8-7(9)5-3(10)1-2-4(11)6(5)7/h5-6H,1-2H2. The third kappa shape index (κ3) is 0.859. The number of rotatable bonds is 0. The lowest BCUT2D eigenvalue weighted by Gasteiger charge is -2.03. The Balaban J connectivity index is 2.28. The van der Waals surface area contributed by atoms with Crippen molar-refractivity contribution in [1.29, 1.82) is 0 Å². The van der Waals surface area contributed by atoms with Crippen molar-refractivity contribution < 1.29 is 9.59 Å². The van der Waals surface area contributed by atoms with Crippen molar-refractivity contribution in [3.05, 3.63) is 0 Å². The van der Waals surface area contributed by atoms with Crippen molar-refractivity contribution in [1.82, 2.24) is 0 Å². The second-order valence-electron chi connectivity index (χ2n) is 3.06. The average Bonchev–Trinajstić information content (AvgIpc) is 2.47. The van der Waals surface area contributed by atoms with Crippen LogP contribution in [0, 0.1) is 11.8 Å². The number of carbonyl (C=O) groups excluding carboxylic acids is 2. The summed E-state index contributed by atoms with van der Waals surface area (Å²) in [5.74, 6) is -0.710. The van der Waals surface area contributed by atoms with Crippen molar-refractivity contribution in [2.24, 2.45) is 11.8 Å². The molecule has 2 atom stereocenters. The van der Waals surface area contributed by atoms with Gasteiger partial charge in [-0.25, -0.2) is 0 Å². The van der Waals surface area contributed by atoms with Crippen molar-refractivity contribution >= 4 is 34.8 Å². The van der Waals surface area contributed by atoms with Gasteiger partial charge in [0, 0.05) is 12.8 Å². The topological polar surface area (TPSA) is 34.1 Å². The fourth-order valence-electron chi connectivity index (χ4n) is 1.69. The van der Waals surface area contributed by atoms with Gasteiger partial charge in [0.25, 0.3) is 0 Å². The molecular weight excluding hydrogens is 187 g/mol. The molecule has 0 bridgehead atoms. The monoisotopic (exact) mass is 192 g/mol. The van der Waals surface area contributed by atoms with E-state index < -0.39 is 16.2 Å². The molecule has 0 aromatic carbocycles. The second-order valence-corrected chi connectivity index (χ2v) is 4.51. The van der Waals surface area contributed by atoms with E-state index in [2.05, 4.69) is 0 Å². The van der Waals surface area contributed by atoms with Crippen LogP contribution in [0.2, 0.25) is 0 Å². The molecular formula is C7H6Cl2O2. The summed E-state index contributed by atoms with van der Waals surface area (Å²) in [6.45, 7) is 0. The number of fused-ring (bicyclic) bond motifs is 1. The number of alkyl halides is 2. The summed E-state index contributed by atoms with van der Waals surface area (Å²) in [6, 6.07) is 0. The summed E-state index contributed by atoms with van der Waals surface area (Å²) < 4.78 is -1.06. The van der Waals surface area contributed by atoms with Gasteiger partial charge in [-0.15, -0.1) is 0 Å². The maximum Gasteiger partial charge on any atom is 0.140 e. The smallest absolute Gasteiger partial charge is 0.140 e. The molecule has 0 aromatic heterocycles. The minimum Gasteiger partial charge on any atom is -0.299 e. The highest BCUT2D eigenvalue weighted by Gasteiger charge is 2.71. The lowest BCUT2D eigenvalue weighted by molar-refractivity contribution is -0.129. The molecule has 11 heavy (non-hydrogen) atoms. The van der Waals surface area contributed by atoms with Crippen molar-refractivity contribution in [2.75, 3.05) is 0 Å². The highest BCUT2D eigenvalue weighted by atomic mass is 35.5. The van der Waals surface area contributed by atoms with Gasteiger partial charge in [-0.1, -0.05) is 23.2 Å². The number of carbonyl (C=O) groups is 2. The van der Waals surface area contributed by atoms with Crippen LogP contribution in [0.4, 0.5) is 0 Å². The molecule has 0 radical (unpaired) electrons. The molecule has 2 unspecified atom stereocenters. The molecule has 2 aliphatic carbocycles. The third-order valence-corrected chi connectivity index (χ3v) is 3.31. The van der Waals surface area contributed by atoms with Crippen LogP contribution < -0.4 is 0 Å². The molecule has 0 N–H and O–H groups in total. The number of Topliss-reactive ketones (excluding diaryl/α,β-unsaturated/α-hetero) is 2. The highest BCUT2D eigenvalue weighted by molar-refractivity contribution is 6.54. The Hall–Kier alpha value is -0.0800. The number of hydrogen-bond acceptors (Lipinski definition) is 2. The highest BCUT2D eigenvalue weighted by Crippen LogP contribution is 2.62. The lowest BCUT2D eigenvalue weighted by atomic mass is 9.98. The van der Waals surface area contributed by atoms with Gasteiger partial charge in [-0.3, -0.25) is 9.59 Å². The van der Waals surface area contributed by atoms with E-state index in [-0.39, 0.29) is 11.6 Å². The van der Waals surface area contributed by atoms with E-state index in [4.69, 9.17) is 23.2 Å². The minimum atomic E-state index is -1.06. The Labute approximate surface area is 73.8 Å². The normalized spacial score (nSPS) is 40.2. The zero-order valence-electron chi connectivity index (χ0n) is 5.64. The zero-order chi connectivity index (χ0) is 8.22. The molecule has 2 aliphatic rings. The van der Waals surface area contributed by atoms with Gasteiger partial charge in [-0.2, -0.15) is 0 Å². The molecule has 60 valence electrons. The summed E-state index contributed by atoms with van der Waals surface area (Å²) >= 11 is 11.5. The fraction of sp³-hybridized carbons (Fsp3) is 0.714.